The van der Waals surface area contributed by atoms with E-state index >= 15 is 0 Å². The van der Waals surface area contributed by atoms with Gasteiger partial charge in [-0.25, -0.2) is 0 Å². The Bertz CT molecular complexity index is 1070. The van der Waals surface area contributed by atoms with Crippen molar-refractivity contribution in [1.82, 2.24) is 9.55 Å². The summed E-state index contributed by atoms with van der Waals surface area (Å²) in [7, 11) is 1.73. The first-order chi connectivity index (χ1) is 12.1. The van der Waals surface area contributed by atoms with Crippen molar-refractivity contribution in [3.8, 4) is 0 Å². The van der Waals surface area contributed by atoms with Crippen molar-refractivity contribution in [3.63, 3.8) is 0 Å². The molecule has 0 aliphatic rings. The molecule has 5 nitrogen and oxygen atoms in total. The van der Waals surface area contributed by atoms with Crippen LogP contribution in [-0.4, -0.2) is 21.6 Å². The molecule has 0 saturated carbocycles. The number of H-pyrrole nitrogens is 1. The summed E-state index contributed by atoms with van der Waals surface area (Å²) in [5.74, 6) is -0.178. The fraction of sp³-hybridized carbons (Fsp3) is 0.0500. The Kier molecular flexibility index (Phi) is 4.31. The largest absolute Gasteiger partial charge is 0.345 e. The molecule has 3 aromatic rings. The van der Waals surface area contributed by atoms with Gasteiger partial charge in [-0.15, -0.1) is 0 Å². The number of hydrogen-bond acceptors (Lipinski definition) is 3. The molecular formula is C20H16N2O3. The van der Waals surface area contributed by atoms with Crippen LogP contribution < -0.4 is 5.56 Å². The molecule has 0 unspecified atom stereocenters. The minimum absolute atomic E-state index is 0.178. The third-order valence-electron chi connectivity index (χ3n) is 4.05. The van der Waals surface area contributed by atoms with Gasteiger partial charge in [-0.05, 0) is 11.6 Å². The van der Waals surface area contributed by atoms with E-state index in [0.29, 0.717) is 33.2 Å². The van der Waals surface area contributed by atoms with E-state index in [2.05, 4.69) is 11.6 Å². The van der Waals surface area contributed by atoms with Gasteiger partial charge in [0.1, 0.15) is 5.52 Å². The quantitative estimate of drug-likeness (QED) is 0.338. The van der Waals surface area contributed by atoms with Crippen molar-refractivity contribution in [2.75, 3.05) is 0 Å². The number of allylic oxidation sites excluding steroid dienone is 3. The number of carbonyl (C=O) groups is 2. The molecule has 0 atom stereocenters. The van der Waals surface area contributed by atoms with Gasteiger partial charge in [0, 0.05) is 41.5 Å². The molecule has 0 radical (unpaired) electrons. The molecule has 0 aliphatic heterocycles. The fourth-order valence-electron chi connectivity index (χ4n) is 2.85. The Hall–Kier alpha value is -3.47. The van der Waals surface area contributed by atoms with Gasteiger partial charge in [0.05, 0.1) is 0 Å². The van der Waals surface area contributed by atoms with Crippen molar-refractivity contribution in [3.05, 3.63) is 88.5 Å². The van der Waals surface area contributed by atoms with Gasteiger partial charge in [-0.2, -0.15) is 0 Å². The van der Waals surface area contributed by atoms with E-state index in [0.717, 1.165) is 6.29 Å². The van der Waals surface area contributed by atoms with Gasteiger partial charge >= 0.3 is 0 Å². The van der Waals surface area contributed by atoms with Crippen LogP contribution in [0.4, 0.5) is 0 Å². The van der Waals surface area contributed by atoms with E-state index in [-0.39, 0.29) is 11.3 Å². The third-order valence-corrected chi connectivity index (χ3v) is 4.05. The number of ketones is 1. The molecule has 0 bridgehead atoms. The van der Waals surface area contributed by atoms with Crippen LogP contribution in [-0.2, 0) is 11.8 Å². The van der Waals surface area contributed by atoms with E-state index in [4.69, 9.17) is 0 Å². The number of aromatic nitrogens is 2. The highest BCUT2D eigenvalue weighted by atomic mass is 16.1. The molecule has 5 heteroatoms. The Balaban J connectivity index is 2.04. The maximum absolute atomic E-state index is 12.8. The number of aldehydes is 1. The molecule has 3 rings (SSSR count). The summed E-state index contributed by atoms with van der Waals surface area (Å²) in [4.78, 5) is 38.5. The third kappa shape index (κ3) is 2.87. The SMILES string of the molecule is C=C/C=C(\C=O)c1ccc(C(=O)c2cn(C)c3c(=O)[nH]ccc23)cc1. The standard InChI is InChI=1S/C20H16N2O3/c1-3-4-15(12-23)13-5-7-14(8-6-13)19(24)17-11-22(2)18-16(17)9-10-21-20(18)25/h3-12H,1H2,2H3,(H,21,25)/b15-4+. The van der Waals surface area contributed by atoms with Crippen molar-refractivity contribution < 1.29 is 9.59 Å². The van der Waals surface area contributed by atoms with E-state index in [1.54, 1.807) is 54.2 Å². The van der Waals surface area contributed by atoms with E-state index in [1.807, 2.05) is 0 Å². The lowest BCUT2D eigenvalue weighted by atomic mass is 9.99. The van der Waals surface area contributed by atoms with Crippen LogP contribution >= 0.6 is 0 Å². The van der Waals surface area contributed by atoms with Crippen LogP contribution in [0.25, 0.3) is 16.5 Å². The number of carbonyl (C=O) groups excluding carboxylic acids is 2. The second kappa shape index (κ2) is 6.57. The minimum Gasteiger partial charge on any atom is -0.345 e. The first kappa shape index (κ1) is 16.4. The maximum Gasteiger partial charge on any atom is 0.272 e. The number of benzene rings is 1. The summed E-state index contributed by atoms with van der Waals surface area (Å²) >= 11 is 0. The van der Waals surface area contributed by atoms with Crippen molar-refractivity contribution in [1.29, 1.82) is 0 Å². The molecule has 124 valence electrons. The highest BCUT2D eigenvalue weighted by Gasteiger charge is 2.17. The summed E-state index contributed by atoms with van der Waals surface area (Å²) in [6, 6.07) is 8.49. The van der Waals surface area contributed by atoms with Gasteiger partial charge < -0.3 is 9.55 Å². The number of hydrogen-bond donors (Lipinski definition) is 1. The van der Waals surface area contributed by atoms with Crippen LogP contribution in [0.15, 0.2) is 66.3 Å². The average molecular weight is 332 g/mol. The summed E-state index contributed by atoms with van der Waals surface area (Å²) in [5, 5.41) is 0.612. The zero-order chi connectivity index (χ0) is 18.0. The fourth-order valence-corrected chi connectivity index (χ4v) is 2.85. The molecular weight excluding hydrogens is 316 g/mol. The number of fused-ring (bicyclic) bond motifs is 1. The molecule has 25 heavy (non-hydrogen) atoms. The van der Waals surface area contributed by atoms with Crippen LogP contribution in [0.2, 0.25) is 0 Å². The number of pyridine rings is 1. The Morgan fingerprint density at radius 3 is 2.48 bits per heavy atom. The summed E-state index contributed by atoms with van der Waals surface area (Å²) in [5.41, 5.74) is 2.37. The van der Waals surface area contributed by atoms with Gasteiger partial charge in [0.25, 0.3) is 5.56 Å². The number of aromatic amines is 1. The van der Waals surface area contributed by atoms with Crippen LogP contribution in [0, 0.1) is 0 Å². The van der Waals surface area contributed by atoms with Crippen LogP contribution in [0.1, 0.15) is 21.5 Å². The predicted molar refractivity (Wildman–Crippen MR) is 97.7 cm³/mol. The van der Waals surface area contributed by atoms with Gasteiger partial charge in [0.15, 0.2) is 12.1 Å². The normalized spacial score (nSPS) is 11.5. The monoisotopic (exact) mass is 332 g/mol. The lowest BCUT2D eigenvalue weighted by Crippen LogP contribution is -2.07. The molecule has 0 fully saturated rings. The number of aryl methyl sites for hydroxylation is 1. The molecule has 0 spiro atoms. The lowest BCUT2D eigenvalue weighted by Gasteiger charge is -2.03. The number of nitrogens with zero attached hydrogens (tertiary/aromatic N) is 1. The molecule has 0 aliphatic carbocycles. The first-order valence-corrected chi connectivity index (χ1v) is 7.66. The minimum atomic E-state index is -0.236. The maximum atomic E-state index is 12.8. The van der Waals surface area contributed by atoms with Crippen LogP contribution in [0.3, 0.4) is 0 Å². The zero-order valence-corrected chi connectivity index (χ0v) is 13.7. The molecule has 2 aromatic heterocycles. The van der Waals surface area contributed by atoms with Crippen molar-refractivity contribution in [2.45, 2.75) is 0 Å². The average Bonchev–Trinajstić information content (AvgIpc) is 2.97. The summed E-state index contributed by atoms with van der Waals surface area (Å²) in [6.07, 6.45) is 7.08. The predicted octanol–water partition coefficient (Wildman–Crippen LogP) is 2.87. The molecule has 2 heterocycles. The molecule has 1 N–H and O–H groups in total. The van der Waals surface area contributed by atoms with Crippen molar-refractivity contribution in [2.24, 2.45) is 7.05 Å². The van der Waals surface area contributed by atoms with Crippen molar-refractivity contribution >= 4 is 28.5 Å². The second-order valence-corrected chi connectivity index (χ2v) is 5.60. The van der Waals surface area contributed by atoms with Gasteiger partial charge in [-0.1, -0.05) is 43.0 Å². The molecule has 0 amide bonds. The summed E-state index contributed by atoms with van der Waals surface area (Å²) in [6.45, 7) is 3.58. The smallest absolute Gasteiger partial charge is 0.272 e. The lowest BCUT2D eigenvalue weighted by molar-refractivity contribution is -0.103. The second-order valence-electron chi connectivity index (χ2n) is 5.60. The van der Waals surface area contributed by atoms with Gasteiger partial charge in [-0.3, -0.25) is 14.4 Å². The van der Waals surface area contributed by atoms with E-state index in [9.17, 15) is 14.4 Å². The first-order valence-electron chi connectivity index (χ1n) is 7.66. The zero-order valence-electron chi connectivity index (χ0n) is 13.7. The molecule has 1 aromatic carbocycles. The summed E-state index contributed by atoms with van der Waals surface area (Å²) < 4.78 is 1.65. The number of rotatable bonds is 5. The molecule has 0 saturated heterocycles. The van der Waals surface area contributed by atoms with Crippen LogP contribution in [0.5, 0.6) is 0 Å². The number of nitrogens with one attached hydrogen (secondary N) is 1. The van der Waals surface area contributed by atoms with E-state index < -0.39 is 0 Å². The van der Waals surface area contributed by atoms with E-state index in [1.165, 1.54) is 12.3 Å². The highest BCUT2D eigenvalue weighted by molar-refractivity contribution is 6.16. The Morgan fingerprint density at radius 1 is 1.16 bits per heavy atom. The topological polar surface area (TPSA) is 71.9 Å². The highest BCUT2D eigenvalue weighted by Crippen LogP contribution is 2.21. The Labute approximate surface area is 143 Å². The Morgan fingerprint density at radius 2 is 1.84 bits per heavy atom. The van der Waals surface area contributed by atoms with Gasteiger partial charge in [0.2, 0.25) is 0 Å².